The Morgan fingerprint density at radius 2 is 2.25 bits per heavy atom. The number of aryl methyl sites for hydroxylation is 1. The van der Waals surface area contributed by atoms with E-state index in [2.05, 4.69) is 21.2 Å². The number of benzene rings is 1. The summed E-state index contributed by atoms with van der Waals surface area (Å²) in [6.07, 6.45) is 0.762. The zero-order valence-corrected chi connectivity index (χ0v) is 11.2. The maximum atomic E-state index is 11.8. The van der Waals surface area contributed by atoms with Crippen molar-refractivity contribution in [2.24, 2.45) is 11.7 Å². The fourth-order valence-corrected chi connectivity index (χ4v) is 1.94. The molecule has 0 aliphatic carbocycles. The van der Waals surface area contributed by atoms with Crippen LogP contribution in [0.5, 0.6) is 0 Å². The van der Waals surface area contributed by atoms with Crippen molar-refractivity contribution in [3.8, 4) is 0 Å². The van der Waals surface area contributed by atoms with Crippen LogP contribution in [0.25, 0.3) is 0 Å². The molecule has 0 radical (unpaired) electrons. The minimum atomic E-state index is -0.108. The summed E-state index contributed by atoms with van der Waals surface area (Å²) in [5.41, 5.74) is 7.42. The monoisotopic (exact) mass is 284 g/mol. The molecule has 16 heavy (non-hydrogen) atoms. The number of hydrogen-bond donors (Lipinski definition) is 2. The predicted octanol–water partition coefficient (Wildman–Crippen LogP) is 2.68. The zero-order chi connectivity index (χ0) is 12.1. The fraction of sp³-hybridized carbons (Fsp3) is 0.417. The van der Waals surface area contributed by atoms with Gasteiger partial charge in [-0.1, -0.05) is 22.9 Å². The van der Waals surface area contributed by atoms with Crippen LogP contribution in [0.1, 0.15) is 18.9 Å². The molecule has 0 spiro atoms. The van der Waals surface area contributed by atoms with Crippen LogP contribution in [0.2, 0.25) is 0 Å². The lowest BCUT2D eigenvalue weighted by molar-refractivity contribution is -0.119. The highest BCUT2D eigenvalue weighted by molar-refractivity contribution is 9.10. The van der Waals surface area contributed by atoms with Gasteiger partial charge in [-0.15, -0.1) is 0 Å². The van der Waals surface area contributed by atoms with Gasteiger partial charge in [0.25, 0.3) is 0 Å². The van der Waals surface area contributed by atoms with Crippen LogP contribution in [0.4, 0.5) is 5.69 Å². The smallest absolute Gasteiger partial charge is 0.228 e. The third kappa shape index (κ3) is 3.32. The number of hydrogen-bond acceptors (Lipinski definition) is 2. The van der Waals surface area contributed by atoms with Crippen LogP contribution in [-0.4, -0.2) is 12.5 Å². The minimum absolute atomic E-state index is 0.00424. The van der Waals surface area contributed by atoms with Crippen LogP contribution in [-0.2, 0) is 4.79 Å². The minimum Gasteiger partial charge on any atom is -0.330 e. The van der Waals surface area contributed by atoms with E-state index < -0.39 is 0 Å². The Kier molecular flexibility index (Phi) is 4.96. The molecule has 1 unspecified atom stereocenters. The van der Waals surface area contributed by atoms with Crippen LogP contribution in [0, 0.1) is 12.8 Å². The number of rotatable bonds is 4. The van der Waals surface area contributed by atoms with Gasteiger partial charge in [0, 0.05) is 16.7 Å². The summed E-state index contributed by atoms with van der Waals surface area (Å²) in [5.74, 6) is -0.113. The molecule has 0 aliphatic rings. The van der Waals surface area contributed by atoms with E-state index >= 15 is 0 Å². The molecule has 1 amide bonds. The summed E-state index contributed by atoms with van der Waals surface area (Å²) in [7, 11) is 0. The number of nitrogens with two attached hydrogens (primary N) is 1. The van der Waals surface area contributed by atoms with Gasteiger partial charge in [0.2, 0.25) is 5.91 Å². The molecule has 1 aromatic carbocycles. The molecule has 88 valence electrons. The molecule has 0 saturated carbocycles. The highest BCUT2D eigenvalue weighted by Crippen LogP contribution is 2.20. The third-order valence-electron chi connectivity index (χ3n) is 2.59. The summed E-state index contributed by atoms with van der Waals surface area (Å²) < 4.78 is 1.01. The topological polar surface area (TPSA) is 55.1 Å². The van der Waals surface area contributed by atoms with Crippen LogP contribution < -0.4 is 11.1 Å². The van der Waals surface area contributed by atoms with E-state index in [1.807, 2.05) is 32.0 Å². The first kappa shape index (κ1) is 13.2. The molecular formula is C12H17BrN2O. The average Bonchev–Trinajstić information content (AvgIpc) is 2.24. The molecule has 0 aliphatic heterocycles. The standard InChI is InChI=1S/C12H17BrN2O/c1-3-9(7-14)12(16)15-11-5-4-10(13)6-8(11)2/h4-6,9H,3,7,14H2,1-2H3,(H,15,16). The number of amides is 1. The fourth-order valence-electron chi connectivity index (χ4n) is 1.46. The van der Waals surface area contributed by atoms with Gasteiger partial charge in [-0.05, 0) is 37.1 Å². The molecule has 0 heterocycles. The summed E-state index contributed by atoms with van der Waals surface area (Å²) >= 11 is 3.39. The van der Waals surface area contributed by atoms with E-state index in [0.717, 1.165) is 22.1 Å². The molecule has 0 saturated heterocycles. The quantitative estimate of drug-likeness (QED) is 0.893. The van der Waals surface area contributed by atoms with Gasteiger partial charge in [0.05, 0.1) is 5.92 Å². The van der Waals surface area contributed by atoms with Gasteiger partial charge in [-0.25, -0.2) is 0 Å². The van der Waals surface area contributed by atoms with Crippen molar-refractivity contribution >= 4 is 27.5 Å². The van der Waals surface area contributed by atoms with Gasteiger partial charge in [-0.2, -0.15) is 0 Å². The molecule has 0 fully saturated rings. The maximum absolute atomic E-state index is 11.8. The van der Waals surface area contributed by atoms with E-state index in [9.17, 15) is 4.79 Å². The Morgan fingerprint density at radius 3 is 2.75 bits per heavy atom. The molecule has 0 bridgehead atoms. The van der Waals surface area contributed by atoms with Crippen LogP contribution in [0.3, 0.4) is 0 Å². The Hall–Kier alpha value is -0.870. The van der Waals surface area contributed by atoms with E-state index in [-0.39, 0.29) is 11.8 Å². The zero-order valence-electron chi connectivity index (χ0n) is 9.59. The first-order valence-corrected chi connectivity index (χ1v) is 6.14. The Morgan fingerprint density at radius 1 is 1.56 bits per heavy atom. The van der Waals surface area contributed by atoms with Crippen molar-refractivity contribution < 1.29 is 4.79 Å². The molecular weight excluding hydrogens is 268 g/mol. The first-order valence-electron chi connectivity index (χ1n) is 5.35. The lowest BCUT2D eigenvalue weighted by Gasteiger charge is -2.14. The van der Waals surface area contributed by atoms with Gasteiger partial charge >= 0.3 is 0 Å². The van der Waals surface area contributed by atoms with Gasteiger partial charge < -0.3 is 11.1 Å². The highest BCUT2D eigenvalue weighted by Gasteiger charge is 2.15. The molecule has 4 heteroatoms. The van der Waals surface area contributed by atoms with Crippen molar-refractivity contribution in [2.75, 3.05) is 11.9 Å². The Balaban J connectivity index is 2.76. The first-order chi connectivity index (χ1) is 7.58. The number of nitrogens with one attached hydrogen (secondary N) is 1. The average molecular weight is 285 g/mol. The van der Waals surface area contributed by atoms with Gasteiger partial charge in [-0.3, -0.25) is 4.79 Å². The number of carbonyl (C=O) groups is 1. The summed E-state index contributed by atoms with van der Waals surface area (Å²) in [6.45, 7) is 4.31. The van der Waals surface area contributed by atoms with Crippen molar-refractivity contribution in [1.29, 1.82) is 0 Å². The Bertz CT molecular complexity index is 375. The third-order valence-corrected chi connectivity index (χ3v) is 3.09. The highest BCUT2D eigenvalue weighted by atomic mass is 79.9. The van der Waals surface area contributed by atoms with Gasteiger partial charge in [0.1, 0.15) is 0 Å². The summed E-state index contributed by atoms with van der Waals surface area (Å²) in [6, 6.07) is 5.77. The summed E-state index contributed by atoms with van der Waals surface area (Å²) in [4.78, 5) is 11.8. The van der Waals surface area contributed by atoms with Gasteiger partial charge in [0.15, 0.2) is 0 Å². The second-order valence-corrected chi connectivity index (χ2v) is 4.71. The number of halogens is 1. The SMILES string of the molecule is CCC(CN)C(=O)Nc1ccc(Br)cc1C. The number of anilines is 1. The van der Waals surface area contributed by atoms with Crippen molar-refractivity contribution in [3.05, 3.63) is 28.2 Å². The van der Waals surface area contributed by atoms with Crippen molar-refractivity contribution in [2.45, 2.75) is 20.3 Å². The second-order valence-electron chi connectivity index (χ2n) is 3.79. The van der Waals surface area contributed by atoms with Crippen molar-refractivity contribution in [1.82, 2.24) is 0 Å². The molecule has 1 atom stereocenters. The molecule has 1 rings (SSSR count). The lowest BCUT2D eigenvalue weighted by atomic mass is 10.1. The van der Waals surface area contributed by atoms with Crippen LogP contribution in [0.15, 0.2) is 22.7 Å². The largest absolute Gasteiger partial charge is 0.330 e. The maximum Gasteiger partial charge on any atom is 0.228 e. The lowest BCUT2D eigenvalue weighted by Crippen LogP contribution is -2.28. The van der Waals surface area contributed by atoms with E-state index in [1.54, 1.807) is 0 Å². The molecule has 3 nitrogen and oxygen atoms in total. The summed E-state index contributed by atoms with van der Waals surface area (Å²) in [5, 5.41) is 2.90. The molecule has 1 aromatic rings. The molecule has 0 aromatic heterocycles. The Labute approximate surface area is 105 Å². The van der Waals surface area contributed by atoms with Crippen molar-refractivity contribution in [3.63, 3.8) is 0 Å². The molecule has 3 N–H and O–H groups in total. The predicted molar refractivity (Wildman–Crippen MR) is 70.3 cm³/mol. The van der Waals surface area contributed by atoms with E-state index in [1.165, 1.54) is 0 Å². The van der Waals surface area contributed by atoms with Crippen LogP contribution >= 0.6 is 15.9 Å². The van der Waals surface area contributed by atoms with E-state index in [4.69, 9.17) is 5.73 Å². The van der Waals surface area contributed by atoms with E-state index in [0.29, 0.717) is 6.54 Å². The number of carbonyl (C=O) groups excluding carboxylic acids is 1. The normalized spacial score (nSPS) is 12.2. The second kappa shape index (κ2) is 6.01.